The number of carbonyl (C=O) groups excluding carboxylic acids is 1. The van der Waals surface area contributed by atoms with E-state index in [0.717, 1.165) is 27.9 Å². The molecule has 0 bridgehead atoms. The van der Waals surface area contributed by atoms with Gasteiger partial charge in [-0.15, -0.1) is 5.10 Å². The Morgan fingerprint density at radius 1 is 0.865 bits per heavy atom. The third-order valence-electron chi connectivity index (χ3n) is 5.99. The molecule has 186 valence electrons. The van der Waals surface area contributed by atoms with Crippen LogP contribution in [0.5, 0.6) is 11.5 Å². The Hall–Kier alpha value is -4.72. The topological polar surface area (TPSA) is 77.8 Å². The molecule has 7 nitrogen and oxygen atoms in total. The van der Waals surface area contributed by atoms with E-state index in [0.29, 0.717) is 29.5 Å². The molecule has 0 unspecified atom stereocenters. The van der Waals surface area contributed by atoms with Crippen LogP contribution in [0.25, 0.3) is 16.8 Å². The fraction of sp³-hybridized carbons (Fsp3) is 0.138. The quantitative estimate of drug-likeness (QED) is 0.284. The van der Waals surface area contributed by atoms with Crippen LogP contribution in [0, 0.1) is 5.82 Å². The summed E-state index contributed by atoms with van der Waals surface area (Å²) in [5, 5.41) is 7.75. The third-order valence-corrected chi connectivity index (χ3v) is 5.99. The maximum absolute atomic E-state index is 13.1. The summed E-state index contributed by atoms with van der Waals surface area (Å²) in [5.41, 5.74) is 5.13. The number of methoxy groups -OCH3 is 2. The Labute approximate surface area is 213 Å². The molecule has 0 aliphatic rings. The Morgan fingerprint density at radius 3 is 2.22 bits per heavy atom. The summed E-state index contributed by atoms with van der Waals surface area (Å²) in [5.74, 6) is 1.53. The SMILES string of the molecule is COc1ccc(Nc2nc3ccc(-c4ccc(CC(=O)Cc5ccc(F)cc5)cc4)cn3n2)c(OC)c1. The van der Waals surface area contributed by atoms with Crippen molar-refractivity contribution in [3.05, 3.63) is 102 Å². The van der Waals surface area contributed by atoms with Gasteiger partial charge >= 0.3 is 0 Å². The number of hydrogen-bond donors (Lipinski definition) is 1. The van der Waals surface area contributed by atoms with Gasteiger partial charge in [0.2, 0.25) is 5.95 Å². The van der Waals surface area contributed by atoms with Crippen LogP contribution in [0.4, 0.5) is 16.0 Å². The number of aromatic nitrogens is 3. The number of halogens is 1. The fourth-order valence-electron chi connectivity index (χ4n) is 4.06. The molecule has 1 N–H and O–H groups in total. The van der Waals surface area contributed by atoms with Gasteiger partial charge in [-0.2, -0.15) is 4.98 Å². The number of carbonyl (C=O) groups is 1. The van der Waals surface area contributed by atoms with Crippen molar-refractivity contribution in [1.82, 2.24) is 14.6 Å². The molecule has 0 amide bonds. The van der Waals surface area contributed by atoms with Gasteiger partial charge in [-0.25, -0.2) is 8.91 Å². The van der Waals surface area contributed by atoms with Crippen molar-refractivity contribution >= 4 is 23.1 Å². The van der Waals surface area contributed by atoms with Crippen LogP contribution >= 0.6 is 0 Å². The first-order valence-electron chi connectivity index (χ1n) is 11.7. The van der Waals surface area contributed by atoms with Gasteiger partial charge < -0.3 is 14.8 Å². The number of pyridine rings is 1. The predicted molar refractivity (Wildman–Crippen MR) is 140 cm³/mol. The molecule has 0 fully saturated rings. The molecule has 0 saturated heterocycles. The Balaban J connectivity index is 1.28. The molecule has 5 aromatic rings. The Kier molecular flexibility index (Phi) is 6.81. The highest BCUT2D eigenvalue weighted by atomic mass is 19.1. The molecule has 5 rings (SSSR count). The van der Waals surface area contributed by atoms with Crippen molar-refractivity contribution < 1.29 is 18.7 Å². The zero-order valence-corrected chi connectivity index (χ0v) is 20.4. The highest BCUT2D eigenvalue weighted by Crippen LogP contribution is 2.31. The lowest BCUT2D eigenvalue weighted by Gasteiger charge is -2.10. The average Bonchev–Trinajstić information content (AvgIpc) is 3.32. The van der Waals surface area contributed by atoms with Gasteiger partial charge in [0.1, 0.15) is 23.1 Å². The average molecular weight is 497 g/mol. The van der Waals surface area contributed by atoms with Gasteiger partial charge in [-0.3, -0.25) is 4.79 Å². The van der Waals surface area contributed by atoms with Gasteiger partial charge in [0.05, 0.1) is 19.9 Å². The van der Waals surface area contributed by atoms with Crippen LogP contribution in [-0.2, 0) is 17.6 Å². The number of anilines is 2. The van der Waals surface area contributed by atoms with Gasteiger partial charge in [0.15, 0.2) is 5.65 Å². The molecule has 2 aromatic heterocycles. The zero-order valence-electron chi connectivity index (χ0n) is 20.4. The van der Waals surface area contributed by atoms with Crippen LogP contribution < -0.4 is 14.8 Å². The zero-order chi connectivity index (χ0) is 25.8. The second-order valence-electron chi connectivity index (χ2n) is 8.56. The number of benzene rings is 3. The first-order valence-corrected chi connectivity index (χ1v) is 11.7. The highest BCUT2D eigenvalue weighted by Gasteiger charge is 2.11. The van der Waals surface area contributed by atoms with Crippen LogP contribution in [0.1, 0.15) is 11.1 Å². The maximum Gasteiger partial charge on any atom is 0.247 e. The van der Waals surface area contributed by atoms with Crippen molar-refractivity contribution in [1.29, 1.82) is 0 Å². The largest absolute Gasteiger partial charge is 0.497 e. The van der Waals surface area contributed by atoms with Crippen LogP contribution in [-0.4, -0.2) is 34.6 Å². The molecule has 8 heteroatoms. The lowest BCUT2D eigenvalue weighted by atomic mass is 10.0. The summed E-state index contributed by atoms with van der Waals surface area (Å²) in [6, 6.07) is 23.3. The number of Topliss-reactive ketones (excluding diaryl/α,β-unsaturated/α-hetero) is 1. The van der Waals surface area contributed by atoms with E-state index in [4.69, 9.17) is 9.47 Å². The molecule has 0 aliphatic carbocycles. The maximum atomic E-state index is 13.1. The molecule has 0 aliphatic heterocycles. The molecular weight excluding hydrogens is 471 g/mol. The Morgan fingerprint density at radius 2 is 1.54 bits per heavy atom. The summed E-state index contributed by atoms with van der Waals surface area (Å²) < 4.78 is 25.5. The van der Waals surface area contributed by atoms with Crippen LogP contribution in [0.3, 0.4) is 0 Å². The summed E-state index contributed by atoms with van der Waals surface area (Å²) in [7, 11) is 3.20. The number of nitrogens with zero attached hydrogens (tertiary/aromatic N) is 3. The fourth-order valence-corrected chi connectivity index (χ4v) is 4.06. The molecule has 37 heavy (non-hydrogen) atoms. The van der Waals surface area contributed by atoms with E-state index >= 15 is 0 Å². The van der Waals surface area contributed by atoms with Gasteiger partial charge in [-0.05, 0) is 53.1 Å². The molecule has 3 aromatic carbocycles. The number of nitrogens with one attached hydrogen (secondary N) is 1. The highest BCUT2D eigenvalue weighted by molar-refractivity contribution is 5.83. The minimum absolute atomic E-state index is 0.0805. The van der Waals surface area contributed by atoms with Gasteiger partial charge in [-0.1, -0.05) is 36.4 Å². The van der Waals surface area contributed by atoms with E-state index in [1.165, 1.54) is 12.1 Å². The molecule has 0 atom stereocenters. The molecule has 2 heterocycles. The van der Waals surface area contributed by atoms with Crippen LogP contribution in [0.15, 0.2) is 85.1 Å². The monoisotopic (exact) mass is 496 g/mol. The van der Waals surface area contributed by atoms with Crippen molar-refractivity contribution in [2.45, 2.75) is 12.8 Å². The third kappa shape index (κ3) is 5.59. The summed E-state index contributed by atoms with van der Waals surface area (Å²) in [6.07, 6.45) is 2.51. The van der Waals surface area contributed by atoms with Crippen molar-refractivity contribution in [2.24, 2.45) is 0 Å². The lowest BCUT2D eigenvalue weighted by Crippen LogP contribution is -2.06. The summed E-state index contributed by atoms with van der Waals surface area (Å²) in [4.78, 5) is 17.0. The molecule has 0 saturated carbocycles. The second kappa shape index (κ2) is 10.5. The van der Waals surface area contributed by atoms with Crippen molar-refractivity contribution in [2.75, 3.05) is 19.5 Å². The van der Waals surface area contributed by atoms with Crippen molar-refractivity contribution in [3.63, 3.8) is 0 Å². The summed E-state index contributed by atoms with van der Waals surface area (Å²) in [6.45, 7) is 0. The normalized spacial score (nSPS) is 10.9. The molecule has 0 radical (unpaired) electrons. The lowest BCUT2D eigenvalue weighted by molar-refractivity contribution is -0.117. The number of rotatable bonds is 9. The van der Waals surface area contributed by atoms with E-state index in [2.05, 4.69) is 15.4 Å². The second-order valence-corrected chi connectivity index (χ2v) is 8.56. The van der Waals surface area contributed by atoms with Crippen molar-refractivity contribution in [3.8, 4) is 22.6 Å². The first kappa shape index (κ1) is 24.0. The molecule has 0 spiro atoms. The van der Waals surface area contributed by atoms with E-state index in [-0.39, 0.29) is 18.0 Å². The number of fused-ring (bicyclic) bond motifs is 1. The first-order chi connectivity index (χ1) is 18.0. The van der Waals surface area contributed by atoms with E-state index in [1.807, 2.05) is 54.7 Å². The minimum atomic E-state index is -0.305. The number of hydrogen-bond acceptors (Lipinski definition) is 6. The van der Waals surface area contributed by atoms with Gasteiger partial charge in [0, 0.05) is 30.7 Å². The Bertz CT molecular complexity index is 1550. The van der Waals surface area contributed by atoms with E-state index in [9.17, 15) is 9.18 Å². The van der Waals surface area contributed by atoms with Gasteiger partial charge in [0.25, 0.3) is 0 Å². The predicted octanol–water partition coefficient (Wildman–Crippen LogP) is 5.65. The smallest absolute Gasteiger partial charge is 0.247 e. The minimum Gasteiger partial charge on any atom is -0.497 e. The number of ether oxygens (including phenoxy) is 2. The van der Waals surface area contributed by atoms with Crippen LogP contribution in [0.2, 0.25) is 0 Å². The number of ketones is 1. The van der Waals surface area contributed by atoms with E-state index < -0.39 is 0 Å². The standard InChI is InChI=1S/C29H25FN4O3/c1-36-25-12-13-26(27(17-25)37-2)31-29-32-28-14-9-22(18-34(28)33-29)21-7-3-19(4-8-21)15-24(35)16-20-5-10-23(30)11-6-20/h3-14,17-18H,15-16H2,1-2H3,(H,31,33). The van der Waals surface area contributed by atoms with E-state index in [1.54, 1.807) is 36.9 Å². The molecular formula is C29H25FN4O3. The summed E-state index contributed by atoms with van der Waals surface area (Å²) >= 11 is 0.